The van der Waals surface area contributed by atoms with Gasteiger partial charge in [0, 0.05) is 12.8 Å². The fourth-order valence-electron chi connectivity index (χ4n) is 13.6. The molecular weight excluding hydrogens is 1190 g/mol. The predicted molar refractivity (Wildman–Crippen MR) is 407 cm³/mol. The standard InChI is InChI=1S/C85H161NO10/c1-3-5-7-9-11-13-15-17-44-49-53-57-61-65-69-73-81(90)94-74-70-66-62-58-54-50-46-43-41-39-37-35-33-31-29-27-25-23-21-19-20-22-24-26-28-30-32-34-36-38-40-42-45-48-52-56-60-64-68-72-80(89)86-77(76-95-85-84(93)83(92)82(91)79(75-87)96-85)78(88)71-67-63-59-55-51-47-18-16-14-12-10-8-6-4-2/h19-20,23,25,67,71,77-79,82-85,87-88,91-93H,3-18,21-22,24,26-66,68-70,72-76H2,1-2H3,(H,86,89)/b20-19-,25-23-,71-67+. The molecule has 1 fully saturated rings. The largest absolute Gasteiger partial charge is 0.466 e. The number of rotatable bonds is 76. The van der Waals surface area contributed by atoms with Crippen molar-refractivity contribution in [1.82, 2.24) is 5.32 Å². The Bertz CT molecular complexity index is 1690. The van der Waals surface area contributed by atoms with Gasteiger partial charge < -0.3 is 45.1 Å². The number of carbonyl (C=O) groups is 2. The normalized spacial score (nSPS) is 17.4. The Morgan fingerprint density at radius 1 is 0.385 bits per heavy atom. The fourth-order valence-corrected chi connectivity index (χ4v) is 13.6. The Morgan fingerprint density at radius 3 is 1.05 bits per heavy atom. The average molecular weight is 1360 g/mol. The highest BCUT2D eigenvalue weighted by Gasteiger charge is 2.44. The smallest absolute Gasteiger partial charge is 0.305 e. The number of hydrogen-bond acceptors (Lipinski definition) is 10. The quantitative estimate of drug-likeness (QED) is 0.0195. The van der Waals surface area contributed by atoms with Gasteiger partial charge in [0.2, 0.25) is 5.91 Å². The second kappa shape index (κ2) is 74.1. The highest BCUT2D eigenvalue weighted by atomic mass is 16.7. The van der Waals surface area contributed by atoms with E-state index in [-0.39, 0.29) is 18.5 Å². The summed E-state index contributed by atoms with van der Waals surface area (Å²) in [5.74, 6) is -0.157. The van der Waals surface area contributed by atoms with Gasteiger partial charge in [0.1, 0.15) is 24.4 Å². The van der Waals surface area contributed by atoms with Crippen LogP contribution in [0.15, 0.2) is 36.5 Å². The molecule has 1 amide bonds. The van der Waals surface area contributed by atoms with Crippen molar-refractivity contribution in [2.75, 3.05) is 19.8 Å². The summed E-state index contributed by atoms with van der Waals surface area (Å²) in [4.78, 5) is 25.2. The molecule has 7 atom stereocenters. The Hall–Kier alpha value is -2.12. The second-order valence-corrected chi connectivity index (χ2v) is 29.5. The molecule has 96 heavy (non-hydrogen) atoms. The van der Waals surface area contributed by atoms with E-state index >= 15 is 0 Å². The van der Waals surface area contributed by atoms with Crippen molar-refractivity contribution in [2.45, 2.75) is 474 Å². The molecular formula is C85H161NO10. The first-order chi connectivity index (χ1) is 47.2. The molecule has 0 spiro atoms. The first kappa shape index (κ1) is 91.9. The lowest BCUT2D eigenvalue weighted by molar-refractivity contribution is -0.302. The zero-order valence-corrected chi connectivity index (χ0v) is 63.4. The molecule has 0 aliphatic carbocycles. The number of aliphatic hydroxyl groups excluding tert-OH is 5. The van der Waals surface area contributed by atoms with Crippen LogP contribution in [-0.2, 0) is 23.8 Å². The van der Waals surface area contributed by atoms with Crippen molar-refractivity contribution in [3.8, 4) is 0 Å². The number of esters is 1. The monoisotopic (exact) mass is 1360 g/mol. The van der Waals surface area contributed by atoms with E-state index in [1.165, 1.54) is 347 Å². The van der Waals surface area contributed by atoms with Gasteiger partial charge in [-0.3, -0.25) is 9.59 Å². The van der Waals surface area contributed by atoms with Gasteiger partial charge in [-0.25, -0.2) is 0 Å². The third kappa shape index (κ3) is 61.7. The van der Waals surface area contributed by atoms with E-state index in [0.29, 0.717) is 19.4 Å². The highest BCUT2D eigenvalue weighted by molar-refractivity contribution is 5.76. The number of carbonyl (C=O) groups excluding carboxylic acids is 2. The number of ether oxygens (including phenoxy) is 3. The lowest BCUT2D eigenvalue weighted by Gasteiger charge is -2.40. The number of unbranched alkanes of at least 4 members (excludes halogenated alkanes) is 58. The van der Waals surface area contributed by atoms with Gasteiger partial charge >= 0.3 is 5.97 Å². The van der Waals surface area contributed by atoms with Crippen molar-refractivity contribution in [2.24, 2.45) is 0 Å². The van der Waals surface area contributed by atoms with E-state index in [0.717, 1.165) is 57.8 Å². The number of allylic oxidation sites excluding steroid dienone is 5. The van der Waals surface area contributed by atoms with Crippen LogP contribution < -0.4 is 5.32 Å². The molecule has 1 aliphatic rings. The van der Waals surface area contributed by atoms with Gasteiger partial charge in [-0.05, 0) is 64.2 Å². The molecule has 11 nitrogen and oxygen atoms in total. The maximum absolute atomic E-state index is 13.1. The average Bonchev–Trinajstić information content (AvgIpc) is 0.842. The molecule has 0 aromatic heterocycles. The lowest BCUT2D eigenvalue weighted by atomic mass is 9.99. The van der Waals surface area contributed by atoms with E-state index in [1.54, 1.807) is 6.08 Å². The van der Waals surface area contributed by atoms with Crippen LogP contribution in [0.2, 0.25) is 0 Å². The summed E-state index contributed by atoms with van der Waals surface area (Å²) in [6, 6.07) is -0.808. The van der Waals surface area contributed by atoms with Crippen LogP contribution in [0, 0.1) is 0 Å². The minimum Gasteiger partial charge on any atom is -0.466 e. The SMILES string of the molecule is CCCCCCCCCCCCCC/C=C/C(O)C(COC1OC(CO)C(O)C(O)C1O)NC(=O)CCCCCCCCCCCCCCCCCCC/C=C\C/C=C\CCCCCCCCCCCCCCCCCOC(=O)CCCCCCCCCCCCCCCCC. The zero-order valence-electron chi connectivity index (χ0n) is 63.4. The van der Waals surface area contributed by atoms with E-state index in [1.807, 2.05) is 6.08 Å². The Kier molecular flexibility index (Phi) is 70.9. The maximum atomic E-state index is 13.1. The van der Waals surface area contributed by atoms with Gasteiger partial charge in [-0.2, -0.15) is 0 Å². The molecule has 0 saturated carbocycles. The summed E-state index contributed by atoms with van der Waals surface area (Å²) in [6.07, 6.45) is 87.6. The van der Waals surface area contributed by atoms with Crippen LogP contribution in [0.4, 0.5) is 0 Å². The molecule has 1 aliphatic heterocycles. The van der Waals surface area contributed by atoms with Crippen LogP contribution in [0.25, 0.3) is 0 Å². The van der Waals surface area contributed by atoms with Gasteiger partial charge in [0.05, 0.1) is 32.0 Å². The third-order valence-corrected chi connectivity index (χ3v) is 20.2. The molecule has 1 saturated heterocycles. The zero-order chi connectivity index (χ0) is 69.4. The van der Waals surface area contributed by atoms with Crippen molar-refractivity contribution < 1.29 is 49.3 Å². The topological polar surface area (TPSA) is 175 Å². The third-order valence-electron chi connectivity index (χ3n) is 20.2. The number of nitrogens with one attached hydrogen (secondary N) is 1. The van der Waals surface area contributed by atoms with Crippen molar-refractivity contribution in [3.63, 3.8) is 0 Å². The first-order valence-electron chi connectivity index (χ1n) is 42.3. The Morgan fingerprint density at radius 2 is 0.698 bits per heavy atom. The van der Waals surface area contributed by atoms with Crippen LogP contribution >= 0.6 is 0 Å². The molecule has 0 radical (unpaired) electrons. The summed E-state index contributed by atoms with van der Waals surface area (Å²) >= 11 is 0. The van der Waals surface area contributed by atoms with E-state index < -0.39 is 49.5 Å². The van der Waals surface area contributed by atoms with Crippen LogP contribution in [0.1, 0.15) is 431 Å². The molecule has 11 heteroatoms. The molecule has 0 aromatic carbocycles. The molecule has 566 valence electrons. The fraction of sp³-hybridized carbons (Fsp3) is 0.906. The van der Waals surface area contributed by atoms with Gasteiger partial charge in [-0.1, -0.05) is 391 Å². The van der Waals surface area contributed by atoms with Crippen molar-refractivity contribution in [1.29, 1.82) is 0 Å². The van der Waals surface area contributed by atoms with Crippen LogP contribution in [0.5, 0.6) is 0 Å². The molecule has 1 rings (SSSR count). The molecule has 7 unspecified atom stereocenters. The van der Waals surface area contributed by atoms with Gasteiger partial charge in [0.25, 0.3) is 0 Å². The second-order valence-electron chi connectivity index (χ2n) is 29.5. The van der Waals surface area contributed by atoms with Gasteiger partial charge in [0.15, 0.2) is 6.29 Å². The van der Waals surface area contributed by atoms with Crippen molar-refractivity contribution >= 4 is 11.9 Å². The number of amides is 1. The Balaban J connectivity index is 1.90. The van der Waals surface area contributed by atoms with Crippen molar-refractivity contribution in [3.05, 3.63) is 36.5 Å². The summed E-state index contributed by atoms with van der Waals surface area (Å²) in [6.45, 7) is 4.41. The summed E-state index contributed by atoms with van der Waals surface area (Å²) in [5, 5.41) is 54.6. The molecule has 0 bridgehead atoms. The maximum Gasteiger partial charge on any atom is 0.305 e. The van der Waals surface area contributed by atoms with E-state index in [9.17, 15) is 35.1 Å². The minimum absolute atomic E-state index is 0.0184. The van der Waals surface area contributed by atoms with E-state index in [4.69, 9.17) is 14.2 Å². The van der Waals surface area contributed by atoms with Gasteiger partial charge in [-0.15, -0.1) is 0 Å². The summed E-state index contributed by atoms with van der Waals surface area (Å²) in [5.41, 5.74) is 0. The predicted octanol–water partition coefficient (Wildman–Crippen LogP) is 23.3. The molecule has 1 heterocycles. The summed E-state index contributed by atoms with van der Waals surface area (Å²) < 4.78 is 16.8. The number of aliphatic hydroxyl groups is 5. The molecule has 6 N–H and O–H groups in total. The minimum atomic E-state index is -1.57. The number of hydrogen-bond donors (Lipinski definition) is 6. The highest BCUT2D eigenvalue weighted by Crippen LogP contribution is 2.24. The molecule has 0 aromatic rings. The lowest BCUT2D eigenvalue weighted by Crippen LogP contribution is -2.60. The van der Waals surface area contributed by atoms with E-state index in [2.05, 4.69) is 43.5 Å². The Labute approximate surface area is 594 Å². The first-order valence-corrected chi connectivity index (χ1v) is 42.3. The van der Waals surface area contributed by atoms with Crippen LogP contribution in [0.3, 0.4) is 0 Å². The van der Waals surface area contributed by atoms with Crippen LogP contribution in [-0.4, -0.2) is 100 Å². The summed E-state index contributed by atoms with van der Waals surface area (Å²) in [7, 11) is 0.